The molecule has 1 atom stereocenters. The monoisotopic (exact) mass is 278 g/mol. The van der Waals surface area contributed by atoms with Crippen LogP contribution in [0.3, 0.4) is 0 Å². The zero-order chi connectivity index (χ0) is 13.9. The van der Waals surface area contributed by atoms with Crippen molar-refractivity contribution in [2.45, 2.75) is 51.1 Å². The fourth-order valence-electron chi connectivity index (χ4n) is 3.25. The Labute approximate surface area is 119 Å². The minimum atomic E-state index is -0.0189. The summed E-state index contributed by atoms with van der Waals surface area (Å²) in [5.41, 5.74) is 0.636. The average Bonchev–Trinajstić information content (AvgIpc) is 2.50. The zero-order valence-corrected chi connectivity index (χ0v) is 11.7. The van der Waals surface area contributed by atoms with Gasteiger partial charge in [0.15, 0.2) is 5.82 Å². The smallest absolute Gasteiger partial charge is 0.220 e. The molecule has 1 unspecified atom stereocenters. The van der Waals surface area contributed by atoms with Crippen molar-refractivity contribution in [3.8, 4) is 5.88 Å². The summed E-state index contributed by atoms with van der Waals surface area (Å²) >= 11 is 0. The van der Waals surface area contributed by atoms with Crippen molar-refractivity contribution in [3.05, 3.63) is 11.9 Å². The Morgan fingerprint density at radius 3 is 2.80 bits per heavy atom. The number of aromatic nitrogens is 2. The second-order valence-electron chi connectivity index (χ2n) is 5.76. The molecule has 2 N–H and O–H groups in total. The number of rotatable bonds is 0. The molecule has 2 aliphatic rings. The van der Waals surface area contributed by atoms with Crippen LogP contribution in [0.25, 0.3) is 0 Å². The van der Waals surface area contributed by atoms with Crippen LogP contribution in [0, 0.1) is 0 Å². The number of nitrogens with zero attached hydrogens (tertiary/aromatic N) is 4. The molecule has 0 aromatic carbocycles. The van der Waals surface area contributed by atoms with Gasteiger partial charge < -0.3 is 5.11 Å². The van der Waals surface area contributed by atoms with Crippen molar-refractivity contribution in [1.82, 2.24) is 14.9 Å². The summed E-state index contributed by atoms with van der Waals surface area (Å²) in [6, 6.07) is 0.312. The molecule has 0 saturated carbocycles. The molecule has 0 aliphatic carbocycles. The number of hydrogen-bond acceptors (Lipinski definition) is 6. The molecule has 0 amide bonds. The van der Waals surface area contributed by atoms with E-state index in [0.717, 1.165) is 13.0 Å². The maximum absolute atomic E-state index is 10.2. The molecule has 0 bridgehead atoms. The first-order valence-corrected chi connectivity index (χ1v) is 7.49. The lowest BCUT2D eigenvalue weighted by atomic mass is 10.1. The summed E-state index contributed by atoms with van der Waals surface area (Å²) in [4.78, 5) is 10.3. The molecular formula is C14H22N4O2. The van der Waals surface area contributed by atoms with Crippen molar-refractivity contribution in [2.24, 2.45) is 0 Å². The lowest BCUT2D eigenvalue weighted by Crippen LogP contribution is -2.40. The lowest BCUT2D eigenvalue weighted by Gasteiger charge is -2.29. The third kappa shape index (κ3) is 2.71. The van der Waals surface area contributed by atoms with Crippen LogP contribution >= 0.6 is 0 Å². The van der Waals surface area contributed by atoms with Crippen molar-refractivity contribution in [2.75, 3.05) is 18.2 Å². The first-order chi connectivity index (χ1) is 9.75. The van der Waals surface area contributed by atoms with E-state index in [1.54, 1.807) is 0 Å². The molecule has 6 heteroatoms. The summed E-state index contributed by atoms with van der Waals surface area (Å²) in [5, 5.41) is 21.4. The summed E-state index contributed by atoms with van der Waals surface area (Å²) in [6.07, 6.45) is 8.58. The van der Waals surface area contributed by atoms with Crippen molar-refractivity contribution in [3.63, 3.8) is 0 Å². The van der Waals surface area contributed by atoms with Crippen molar-refractivity contribution < 1.29 is 10.3 Å². The highest BCUT2D eigenvalue weighted by Gasteiger charge is 2.30. The maximum atomic E-state index is 10.2. The van der Waals surface area contributed by atoms with E-state index in [2.05, 4.69) is 14.9 Å². The van der Waals surface area contributed by atoms with Crippen molar-refractivity contribution >= 4 is 5.82 Å². The topological polar surface area (TPSA) is 72.7 Å². The molecule has 110 valence electrons. The Bertz CT molecular complexity index is 468. The number of hydrogen-bond donors (Lipinski definition) is 2. The maximum Gasteiger partial charge on any atom is 0.220 e. The van der Waals surface area contributed by atoms with Gasteiger partial charge in [-0.2, -0.15) is 0 Å². The normalized spacial score (nSPS) is 24.9. The highest BCUT2D eigenvalue weighted by atomic mass is 16.5. The highest BCUT2D eigenvalue weighted by Crippen LogP contribution is 2.31. The van der Waals surface area contributed by atoms with E-state index in [4.69, 9.17) is 0 Å². The molecule has 2 aliphatic heterocycles. The van der Waals surface area contributed by atoms with E-state index >= 15 is 0 Å². The number of hydroxylamine groups is 1. The summed E-state index contributed by atoms with van der Waals surface area (Å²) in [5.74, 6) is 0.427. The van der Waals surface area contributed by atoms with Gasteiger partial charge in [-0.3, -0.25) is 10.1 Å². The Morgan fingerprint density at radius 1 is 1.10 bits per heavy atom. The van der Waals surface area contributed by atoms with Gasteiger partial charge in [0.1, 0.15) is 6.33 Å². The molecule has 1 aromatic heterocycles. The zero-order valence-electron chi connectivity index (χ0n) is 11.7. The third-order valence-electron chi connectivity index (χ3n) is 4.39. The highest BCUT2D eigenvalue weighted by molar-refractivity contribution is 5.49. The lowest BCUT2D eigenvalue weighted by molar-refractivity contribution is 0.154. The summed E-state index contributed by atoms with van der Waals surface area (Å²) in [6.45, 7) is 2.17. The Kier molecular flexibility index (Phi) is 4.03. The van der Waals surface area contributed by atoms with E-state index in [-0.39, 0.29) is 5.88 Å². The van der Waals surface area contributed by atoms with Gasteiger partial charge in [0.2, 0.25) is 5.88 Å². The van der Waals surface area contributed by atoms with Gasteiger partial charge in [-0.05, 0) is 19.4 Å². The van der Waals surface area contributed by atoms with Crippen molar-refractivity contribution in [1.29, 1.82) is 0 Å². The molecule has 1 fully saturated rings. The minimum absolute atomic E-state index is 0.0189. The first kappa shape index (κ1) is 13.6. The molecule has 6 nitrogen and oxygen atoms in total. The van der Waals surface area contributed by atoms with Gasteiger partial charge in [0.05, 0.1) is 12.1 Å². The summed E-state index contributed by atoms with van der Waals surface area (Å²) in [7, 11) is 0. The average molecular weight is 278 g/mol. The fraction of sp³-hybridized carbons (Fsp3) is 0.714. The van der Waals surface area contributed by atoms with Crippen LogP contribution in [0.15, 0.2) is 6.33 Å². The molecule has 1 aromatic rings. The van der Waals surface area contributed by atoms with E-state index < -0.39 is 0 Å². The molecule has 0 radical (unpaired) electrons. The second kappa shape index (κ2) is 5.93. The first-order valence-electron chi connectivity index (χ1n) is 7.49. The molecule has 1 saturated heterocycles. The van der Waals surface area contributed by atoms with Crippen LogP contribution in [0.4, 0.5) is 5.82 Å². The number of anilines is 1. The third-order valence-corrected chi connectivity index (χ3v) is 4.39. The van der Waals surface area contributed by atoms with Gasteiger partial charge in [-0.1, -0.05) is 25.7 Å². The number of aromatic hydroxyl groups is 1. The predicted octanol–water partition coefficient (Wildman–Crippen LogP) is 1.92. The van der Waals surface area contributed by atoms with Gasteiger partial charge in [0, 0.05) is 12.6 Å². The quantitative estimate of drug-likeness (QED) is 0.755. The number of fused-ring (bicyclic) bond motifs is 2. The largest absolute Gasteiger partial charge is 0.493 e. The molecular weight excluding hydrogens is 256 g/mol. The standard InChI is InChI=1S/C14H22N4O2/c19-14-12-9-17-7-5-3-1-2-4-6-11(17)8-18(20)13(12)15-10-16-14/h10-11,20H,1-9H2,(H,15,16,19). The SMILES string of the molecule is Oc1ncnc2c1CN1CCCCCCCC1CN2O. The molecule has 20 heavy (non-hydrogen) atoms. The van der Waals surface area contributed by atoms with E-state index in [0.29, 0.717) is 30.5 Å². The van der Waals surface area contributed by atoms with E-state index in [9.17, 15) is 10.3 Å². The Hall–Kier alpha value is -1.40. The van der Waals surface area contributed by atoms with Gasteiger partial charge in [0.25, 0.3) is 0 Å². The predicted molar refractivity (Wildman–Crippen MR) is 74.7 cm³/mol. The second-order valence-corrected chi connectivity index (χ2v) is 5.76. The molecule has 3 rings (SSSR count). The van der Waals surface area contributed by atoms with Crippen LogP contribution in [0.1, 0.15) is 44.1 Å². The van der Waals surface area contributed by atoms with E-state index in [1.807, 2.05) is 0 Å². The summed E-state index contributed by atoms with van der Waals surface area (Å²) < 4.78 is 0. The molecule has 0 spiro atoms. The van der Waals surface area contributed by atoms with Crippen LogP contribution < -0.4 is 5.06 Å². The Morgan fingerprint density at radius 2 is 1.90 bits per heavy atom. The Balaban J connectivity index is 1.89. The molecule has 3 heterocycles. The van der Waals surface area contributed by atoms with Gasteiger partial charge in [-0.25, -0.2) is 15.0 Å². The van der Waals surface area contributed by atoms with Gasteiger partial charge in [-0.15, -0.1) is 0 Å². The van der Waals surface area contributed by atoms with Gasteiger partial charge >= 0.3 is 0 Å². The van der Waals surface area contributed by atoms with Crippen LogP contribution in [0.2, 0.25) is 0 Å². The van der Waals surface area contributed by atoms with Crippen LogP contribution in [-0.4, -0.2) is 44.3 Å². The van der Waals surface area contributed by atoms with E-state index in [1.165, 1.54) is 43.5 Å². The minimum Gasteiger partial charge on any atom is -0.493 e. The van der Waals surface area contributed by atoms with Crippen LogP contribution in [-0.2, 0) is 6.54 Å². The van der Waals surface area contributed by atoms with Crippen LogP contribution in [0.5, 0.6) is 5.88 Å². The fourth-order valence-corrected chi connectivity index (χ4v) is 3.25.